The lowest BCUT2D eigenvalue weighted by Crippen LogP contribution is -2.63. The highest BCUT2D eigenvalue weighted by Crippen LogP contribution is 2.26. The summed E-state index contributed by atoms with van der Waals surface area (Å²) in [7, 11) is 0. The molecule has 0 amide bonds. The molecule has 2 aliphatic rings. The Bertz CT molecular complexity index is 166. The minimum Gasteiger partial charge on any atom is -0.375 e. The summed E-state index contributed by atoms with van der Waals surface area (Å²) in [5.41, 5.74) is 0.0581. The standard InChI is InChI=1S/C9H17NO2/c1-8(2)10-3-4-12-9(5-10)6-11-7-9/h8H,3-7H2,1-2H3. The first-order valence-corrected chi connectivity index (χ1v) is 4.68. The fraction of sp³-hybridized carbons (Fsp3) is 1.00. The summed E-state index contributed by atoms with van der Waals surface area (Å²) in [5.74, 6) is 0. The molecule has 0 saturated carbocycles. The van der Waals surface area contributed by atoms with Crippen molar-refractivity contribution in [2.45, 2.75) is 25.5 Å². The molecule has 2 heterocycles. The summed E-state index contributed by atoms with van der Waals surface area (Å²) < 4.78 is 10.9. The van der Waals surface area contributed by atoms with Crippen LogP contribution >= 0.6 is 0 Å². The van der Waals surface area contributed by atoms with Crippen molar-refractivity contribution in [1.29, 1.82) is 0 Å². The average Bonchev–Trinajstić information content (AvgIpc) is 2.02. The third-order valence-corrected chi connectivity index (χ3v) is 2.74. The second-order valence-electron chi connectivity index (χ2n) is 4.09. The normalized spacial score (nSPS) is 29.2. The summed E-state index contributed by atoms with van der Waals surface area (Å²) in [5, 5.41) is 0. The van der Waals surface area contributed by atoms with Crippen molar-refractivity contribution in [3.8, 4) is 0 Å². The molecule has 0 N–H and O–H groups in total. The molecule has 1 spiro atoms. The van der Waals surface area contributed by atoms with Crippen LogP contribution in [0.2, 0.25) is 0 Å². The lowest BCUT2D eigenvalue weighted by molar-refractivity contribution is -0.240. The quantitative estimate of drug-likeness (QED) is 0.573. The van der Waals surface area contributed by atoms with Crippen LogP contribution in [0.25, 0.3) is 0 Å². The lowest BCUT2D eigenvalue weighted by Gasteiger charge is -2.48. The second-order valence-corrected chi connectivity index (χ2v) is 4.09. The molecular weight excluding hydrogens is 154 g/mol. The van der Waals surface area contributed by atoms with Gasteiger partial charge in [0.25, 0.3) is 0 Å². The molecule has 0 aromatic carbocycles. The molecule has 2 fully saturated rings. The van der Waals surface area contributed by atoms with Gasteiger partial charge in [-0.05, 0) is 13.8 Å². The van der Waals surface area contributed by atoms with Crippen molar-refractivity contribution in [2.24, 2.45) is 0 Å². The molecule has 0 radical (unpaired) electrons. The number of morpholine rings is 1. The molecule has 70 valence electrons. The van der Waals surface area contributed by atoms with Crippen LogP contribution in [0.3, 0.4) is 0 Å². The highest BCUT2D eigenvalue weighted by atomic mass is 16.6. The fourth-order valence-electron chi connectivity index (χ4n) is 1.82. The topological polar surface area (TPSA) is 21.7 Å². The SMILES string of the molecule is CC(C)N1CCOC2(COC2)C1. The third-order valence-electron chi connectivity index (χ3n) is 2.74. The molecule has 12 heavy (non-hydrogen) atoms. The van der Waals surface area contributed by atoms with Gasteiger partial charge in [-0.15, -0.1) is 0 Å². The van der Waals surface area contributed by atoms with E-state index in [1.54, 1.807) is 0 Å². The van der Waals surface area contributed by atoms with Crippen LogP contribution in [0, 0.1) is 0 Å². The first-order valence-electron chi connectivity index (χ1n) is 4.68. The van der Waals surface area contributed by atoms with E-state index in [-0.39, 0.29) is 5.60 Å². The van der Waals surface area contributed by atoms with E-state index in [4.69, 9.17) is 9.47 Å². The highest BCUT2D eigenvalue weighted by molar-refractivity contribution is 4.94. The Balaban J connectivity index is 1.94. The zero-order valence-electron chi connectivity index (χ0n) is 7.88. The van der Waals surface area contributed by atoms with Gasteiger partial charge >= 0.3 is 0 Å². The fourth-order valence-corrected chi connectivity index (χ4v) is 1.82. The minimum atomic E-state index is 0.0581. The van der Waals surface area contributed by atoms with Gasteiger partial charge in [-0.25, -0.2) is 0 Å². The van der Waals surface area contributed by atoms with Crippen LogP contribution in [0.1, 0.15) is 13.8 Å². The number of rotatable bonds is 1. The Labute approximate surface area is 73.6 Å². The minimum absolute atomic E-state index is 0.0581. The number of hydrogen-bond donors (Lipinski definition) is 0. The summed E-state index contributed by atoms with van der Waals surface area (Å²) in [4.78, 5) is 2.46. The lowest BCUT2D eigenvalue weighted by atomic mass is 9.99. The maximum Gasteiger partial charge on any atom is 0.127 e. The van der Waals surface area contributed by atoms with Crippen molar-refractivity contribution in [3.63, 3.8) is 0 Å². The van der Waals surface area contributed by atoms with Gasteiger partial charge in [0.15, 0.2) is 0 Å². The van der Waals surface area contributed by atoms with Gasteiger partial charge in [0.1, 0.15) is 5.60 Å². The van der Waals surface area contributed by atoms with Crippen molar-refractivity contribution in [2.75, 3.05) is 32.9 Å². The molecule has 0 aliphatic carbocycles. The molecule has 0 bridgehead atoms. The van der Waals surface area contributed by atoms with Crippen molar-refractivity contribution >= 4 is 0 Å². The summed E-state index contributed by atoms with van der Waals surface area (Å²) in [6.07, 6.45) is 0. The second kappa shape index (κ2) is 2.98. The first kappa shape index (κ1) is 8.48. The van der Waals surface area contributed by atoms with E-state index < -0.39 is 0 Å². The van der Waals surface area contributed by atoms with Crippen LogP contribution in [-0.2, 0) is 9.47 Å². The van der Waals surface area contributed by atoms with E-state index in [2.05, 4.69) is 18.7 Å². The Kier molecular flexibility index (Phi) is 2.10. The maximum absolute atomic E-state index is 5.72. The van der Waals surface area contributed by atoms with Gasteiger partial charge in [-0.2, -0.15) is 0 Å². The summed E-state index contributed by atoms with van der Waals surface area (Å²) in [6.45, 7) is 9.02. The first-order chi connectivity index (χ1) is 5.72. The molecule has 3 nitrogen and oxygen atoms in total. The largest absolute Gasteiger partial charge is 0.375 e. The number of ether oxygens (including phenoxy) is 2. The Morgan fingerprint density at radius 3 is 2.58 bits per heavy atom. The van der Waals surface area contributed by atoms with E-state index in [0.717, 1.165) is 32.9 Å². The van der Waals surface area contributed by atoms with E-state index in [0.29, 0.717) is 6.04 Å². The Hall–Kier alpha value is -0.120. The van der Waals surface area contributed by atoms with Crippen molar-refractivity contribution in [3.05, 3.63) is 0 Å². The van der Waals surface area contributed by atoms with Gasteiger partial charge in [0, 0.05) is 19.1 Å². The van der Waals surface area contributed by atoms with Gasteiger partial charge in [0.2, 0.25) is 0 Å². The molecular formula is C9H17NO2. The average molecular weight is 171 g/mol. The predicted octanol–water partition coefficient (Wildman–Crippen LogP) is 0.496. The van der Waals surface area contributed by atoms with E-state index in [1.165, 1.54) is 0 Å². The monoisotopic (exact) mass is 171 g/mol. The van der Waals surface area contributed by atoms with E-state index in [9.17, 15) is 0 Å². The molecule has 2 aliphatic heterocycles. The maximum atomic E-state index is 5.72. The van der Waals surface area contributed by atoms with Gasteiger partial charge in [-0.3, -0.25) is 4.90 Å². The van der Waals surface area contributed by atoms with Crippen LogP contribution in [-0.4, -0.2) is 49.5 Å². The molecule has 2 saturated heterocycles. The molecule has 3 heteroatoms. The Morgan fingerprint density at radius 2 is 2.08 bits per heavy atom. The van der Waals surface area contributed by atoms with Gasteiger partial charge in [0.05, 0.1) is 19.8 Å². The zero-order chi connectivity index (χ0) is 8.60. The van der Waals surface area contributed by atoms with Crippen LogP contribution < -0.4 is 0 Å². The predicted molar refractivity (Wildman–Crippen MR) is 46.2 cm³/mol. The van der Waals surface area contributed by atoms with Gasteiger partial charge in [-0.1, -0.05) is 0 Å². The summed E-state index contributed by atoms with van der Waals surface area (Å²) >= 11 is 0. The number of nitrogens with zero attached hydrogens (tertiary/aromatic N) is 1. The molecule has 2 rings (SSSR count). The number of hydrogen-bond acceptors (Lipinski definition) is 3. The van der Waals surface area contributed by atoms with Gasteiger partial charge < -0.3 is 9.47 Å². The third kappa shape index (κ3) is 1.37. The summed E-state index contributed by atoms with van der Waals surface area (Å²) in [6, 6.07) is 0.631. The van der Waals surface area contributed by atoms with Crippen LogP contribution in [0.15, 0.2) is 0 Å². The van der Waals surface area contributed by atoms with E-state index >= 15 is 0 Å². The Morgan fingerprint density at radius 1 is 1.33 bits per heavy atom. The molecule has 0 atom stereocenters. The zero-order valence-corrected chi connectivity index (χ0v) is 7.88. The molecule has 0 aromatic heterocycles. The molecule has 0 unspecified atom stereocenters. The van der Waals surface area contributed by atoms with Crippen molar-refractivity contribution < 1.29 is 9.47 Å². The van der Waals surface area contributed by atoms with E-state index in [1.807, 2.05) is 0 Å². The van der Waals surface area contributed by atoms with Crippen LogP contribution in [0.5, 0.6) is 0 Å². The molecule has 0 aromatic rings. The van der Waals surface area contributed by atoms with Crippen molar-refractivity contribution in [1.82, 2.24) is 4.90 Å². The smallest absolute Gasteiger partial charge is 0.127 e. The van der Waals surface area contributed by atoms with Crippen LogP contribution in [0.4, 0.5) is 0 Å². The highest BCUT2D eigenvalue weighted by Gasteiger charge is 2.43.